The van der Waals surface area contributed by atoms with Gasteiger partial charge in [-0.25, -0.2) is 4.39 Å². The van der Waals surface area contributed by atoms with E-state index in [4.69, 9.17) is 8.97 Å². The lowest BCUT2D eigenvalue weighted by Gasteiger charge is -1.98. The highest BCUT2D eigenvalue weighted by Crippen LogP contribution is 2.25. The Hall–Kier alpha value is -1.40. The second kappa shape index (κ2) is 2.79. The highest BCUT2D eigenvalue weighted by Gasteiger charge is 2.17. The van der Waals surface area contributed by atoms with Gasteiger partial charge in [-0.2, -0.15) is 8.42 Å². The van der Waals surface area contributed by atoms with Gasteiger partial charge in [0.2, 0.25) is 0 Å². The van der Waals surface area contributed by atoms with Crippen LogP contribution >= 0.6 is 0 Å². The first-order valence-corrected chi connectivity index (χ1v) is 5.07. The van der Waals surface area contributed by atoms with Crippen LogP contribution in [0.2, 0.25) is 0 Å². The fourth-order valence-electron chi connectivity index (χ4n) is 1.23. The SMILES string of the molecule is O=S(=O)(O)c1ccc(F)c2occc12. The van der Waals surface area contributed by atoms with Crippen LogP contribution < -0.4 is 0 Å². The minimum absolute atomic E-state index is 0.0347. The number of benzene rings is 1. The zero-order chi connectivity index (χ0) is 10.3. The molecule has 2 aromatic rings. The fourth-order valence-corrected chi connectivity index (χ4v) is 1.91. The van der Waals surface area contributed by atoms with E-state index < -0.39 is 15.9 Å². The van der Waals surface area contributed by atoms with Gasteiger partial charge in [-0.05, 0) is 18.2 Å². The van der Waals surface area contributed by atoms with Gasteiger partial charge in [0.15, 0.2) is 11.4 Å². The molecule has 6 heteroatoms. The van der Waals surface area contributed by atoms with E-state index in [1.165, 1.54) is 6.07 Å². The first-order chi connectivity index (χ1) is 6.50. The topological polar surface area (TPSA) is 67.5 Å². The van der Waals surface area contributed by atoms with Gasteiger partial charge in [0.1, 0.15) is 4.90 Å². The molecular weight excluding hydrogens is 211 g/mol. The van der Waals surface area contributed by atoms with E-state index >= 15 is 0 Å². The zero-order valence-corrected chi connectivity index (χ0v) is 7.58. The maximum absolute atomic E-state index is 13.0. The predicted octanol–water partition coefficient (Wildman–Crippen LogP) is 1.82. The molecule has 1 aromatic heterocycles. The Morgan fingerprint density at radius 1 is 1.29 bits per heavy atom. The molecule has 0 saturated carbocycles. The molecule has 0 spiro atoms. The molecule has 1 aromatic carbocycles. The number of halogens is 1. The lowest BCUT2D eigenvalue weighted by atomic mass is 10.2. The number of rotatable bonds is 1. The van der Waals surface area contributed by atoms with E-state index in [1.807, 2.05) is 0 Å². The van der Waals surface area contributed by atoms with Gasteiger partial charge >= 0.3 is 0 Å². The lowest BCUT2D eigenvalue weighted by molar-refractivity contribution is 0.483. The molecule has 0 aliphatic heterocycles. The third kappa shape index (κ3) is 1.28. The van der Waals surface area contributed by atoms with E-state index in [0.717, 1.165) is 18.4 Å². The Morgan fingerprint density at radius 3 is 2.64 bits per heavy atom. The van der Waals surface area contributed by atoms with Crippen LogP contribution in [0.25, 0.3) is 11.0 Å². The normalized spacial score (nSPS) is 12.1. The minimum atomic E-state index is -4.34. The van der Waals surface area contributed by atoms with Crippen molar-refractivity contribution in [3.63, 3.8) is 0 Å². The van der Waals surface area contributed by atoms with E-state index in [2.05, 4.69) is 0 Å². The second-order valence-electron chi connectivity index (χ2n) is 2.68. The van der Waals surface area contributed by atoms with Crippen molar-refractivity contribution >= 4 is 21.1 Å². The highest BCUT2D eigenvalue weighted by atomic mass is 32.2. The molecular formula is C8H5FO4S. The summed E-state index contributed by atoms with van der Waals surface area (Å²) in [5, 5.41) is 0.0347. The molecule has 0 fully saturated rings. The summed E-state index contributed by atoms with van der Waals surface area (Å²) in [6.07, 6.45) is 1.16. The van der Waals surface area contributed by atoms with Crippen molar-refractivity contribution in [2.24, 2.45) is 0 Å². The van der Waals surface area contributed by atoms with Gasteiger partial charge in [0.25, 0.3) is 10.1 Å². The summed E-state index contributed by atoms with van der Waals surface area (Å²) in [7, 11) is -4.34. The van der Waals surface area contributed by atoms with Crippen molar-refractivity contribution < 1.29 is 21.8 Å². The van der Waals surface area contributed by atoms with Crippen LogP contribution in [0, 0.1) is 5.82 Å². The third-order valence-corrected chi connectivity index (χ3v) is 2.72. The lowest BCUT2D eigenvalue weighted by Crippen LogP contribution is -1.98. The Balaban J connectivity index is 2.93. The minimum Gasteiger partial charge on any atom is -0.461 e. The molecule has 0 amide bonds. The van der Waals surface area contributed by atoms with Crippen LogP contribution in [0.3, 0.4) is 0 Å². The van der Waals surface area contributed by atoms with Crippen molar-refractivity contribution in [2.45, 2.75) is 4.90 Å². The zero-order valence-electron chi connectivity index (χ0n) is 6.77. The summed E-state index contributed by atoms with van der Waals surface area (Å²) >= 11 is 0. The van der Waals surface area contributed by atoms with Crippen molar-refractivity contribution in [3.8, 4) is 0 Å². The molecule has 1 heterocycles. The third-order valence-electron chi connectivity index (χ3n) is 1.81. The fraction of sp³-hybridized carbons (Fsp3) is 0. The molecule has 0 saturated heterocycles. The predicted molar refractivity (Wildman–Crippen MR) is 46.0 cm³/mol. The van der Waals surface area contributed by atoms with E-state index in [-0.39, 0.29) is 15.9 Å². The summed E-state index contributed by atoms with van der Waals surface area (Å²) in [6.45, 7) is 0. The average molecular weight is 216 g/mol. The molecule has 14 heavy (non-hydrogen) atoms. The van der Waals surface area contributed by atoms with Gasteiger partial charge in [-0.1, -0.05) is 0 Å². The molecule has 0 bridgehead atoms. The van der Waals surface area contributed by atoms with Gasteiger partial charge < -0.3 is 4.42 Å². The van der Waals surface area contributed by atoms with E-state index in [9.17, 15) is 12.8 Å². The van der Waals surface area contributed by atoms with Crippen LogP contribution in [0.1, 0.15) is 0 Å². The molecule has 0 radical (unpaired) electrons. The summed E-state index contributed by atoms with van der Waals surface area (Å²) in [5.41, 5.74) is -0.180. The Labute approximate surface area is 78.7 Å². The molecule has 74 valence electrons. The standard InChI is InChI=1S/C8H5FO4S/c9-6-1-2-7(14(10,11)12)5-3-4-13-8(5)6/h1-4H,(H,10,11,12). The average Bonchev–Trinajstić information content (AvgIpc) is 2.50. The smallest absolute Gasteiger partial charge is 0.295 e. The van der Waals surface area contributed by atoms with Gasteiger partial charge in [-0.15, -0.1) is 0 Å². The maximum atomic E-state index is 13.0. The first kappa shape index (κ1) is 9.17. The van der Waals surface area contributed by atoms with Crippen LogP contribution in [0.5, 0.6) is 0 Å². The molecule has 2 rings (SSSR count). The maximum Gasteiger partial charge on any atom is 0.295 e. The monoisotopic (exact) mass is 216 g/mol. The highest BCUT2D eigenvalue weighted by molar-refractivity contribution is 7.86. The number of hydrogen-bond acceptors (Lipinski definition) is 3. The Morgan fingerprint density at radius 2 is 2.00 bits per heavy atom. The van der Waals surface area contributed by atoms with Crippen LogP contribution in [-0.4, -0.2) is 13.0 Å². The number of furan rings is 1. The number of hydrogen-bond donors (Lipinski definition) is 1. The van der Waals surface area contributed by atoms with Crippen molar-refractivity contribution in [1.29, 1.82) is 0 Å². The Bertz CT molecular complexity index is 584. The molecule has 0 aliphatic rings. The van der Waals surface area contributed by atoms with Gasteiger partial charge in [0, 0.05) is 5.39 Å². The van der Waals surface area contributed by atoms with Gasteiger partial charge in [-0.3, -0.25) is 4.55 Å². The molecule has 0 aliphatic carbocycles. The number of fused-ring (bicyclic) bond motifs is 1. The quantitative estimate of drug-likeness (QED) is 0.738. The molecule has 0 atom stereocenters. The molecule has 1 N–H and O–H groups in total. The van der Waals surface area contributed by atoms with E-state index in [1.54, 1.807) is 0 Å². The van der Waals surface area contributed by atoms with Crippen LogP contribution in [-0.2, 0) is 10.1 Å². The molecule has 0 unspecified atom stereocenters. The summed E-state index contributed by atoms with van der Waals surface area (Å²) in [5.74, 6) is -0.669. The van der Waals surface area contributed by atoms with Crippen LogP contribution in [0.15, 0.2) is 33.8 Å². The van der Waals surface area contributed by atoms with E-state index in [0.29, 0.717) is 0 Å². The largest absolute Gasteiger partial charge is 0.461 e. The molecule has 4 nitrogen and oxygen atoms in total. The van der Waals surface area contributed by atoms with Crippen molar-refractivity contribution in [1.82, 2.24) is 0 Å². The van der Waals surface area contributed by atoms with Crippen molar-refractivity contribution in [2.75, 3.05) is 0 Å². The van der Waals surface area contributed by atoms with Crippen molar-refractivity contribution in [3.05, 3.63) is 30.3 Å². The summed E-state index contributed by atoms with van der Waals surface area (Å²) in [6, 6.07) is 3.19. The summed E-state index contributed by atoms with van der Waals surface area (Å²) < 4.78 is 48.3. The van der Waals surface area contributed by atoms with Crippen LogP contribution in [0.4, 0.5) is 4.39 Å². The van der Waals surface area contributed by atoms with Gasteiger partial charge in [0.05, 0.1) is 6.26 Å². The summed E-state index contributed by atoms with van der Waals surface area (Å²) in [4.78, 5) is -0.359. The second-order valence-corrected chi connectivity index (χ2v) is 4.07. The Kier molecular flexibility index (Phi) is 1.83. The first-order valence-electron chi connectivity index (χ1n) is 3.63.